The predicted molar refractivity (Wildman–Crippen MR) is 69.1 cm³/mol. The first-order valence-corrected chi connectivity index (χ1v) is 5.28. The number of nitrogens with zero attached hydrogens (tertiary/aromatic N) is 4. The van der Waals surface area contributed by atoms with E-state index in [4.69, 9.17) is 16.8 Å². The van der Waals surface area contributed by atoms with E-state index in [9.17, 15) is 0 Å². The van der Waals surface area contributed by atoms with E-state index >= 15 is 0 Å². The molecule has 0 radical (unpaired) electrons. The van der Waals surface area contributed by atoms with Gasteiger partial charge in [-0.1, -0.05) is 18.2 Å². The van der Waals surface area contributed by atoms with Gasteiger partial charge in [0.2, 0.25) is 0 Å². The molecule has 2 aromatic rings. The molecule has 0 amide bonds. The second-order valence-corrected chi connectivity index (χ2v) is 3.68. The summed E-state index contributed by atoms with van der Waals surface area (Å²) in [6.45, 7) is 1.69. The molecule has 0 spiro atoms. The Morgan fingerprint density at radius 1 is 1.39 bits per heavy atom. The number of para-hydroxylation sites is 1. The van der Waals surface area contributed by atoms with Crippen LogP contribution in [0.4, 0.5) is 5.69 Å². The Hall–Kier alpha value is -2.81. The van der Waals surface area contributed by atoms with Gasteiger partial charge in [0.25, 0.3) is 0 Å². The normalized spacial score (nSPS) is 11.2. The summed E-state index contributed by atoms with van der Waals surface area (Å²) in [5.41, 5.74) is 8.12. The number of anilines is 1. The number of hydrogen-bond acceptors (Lipinski definition) is 5. The lowest BCUT2D eigenvalue weighted by molar-refractivity contribution is 0.861. The maximum Gasteiger partial charge on any atom is 0.167 e. The number of nitrogen functional groups attached to an aromatic ring is 1. The predicted octanol–water partition coefficient (Wildman–Crippen LogP) is 1.01. The van der Waals surface area contributed by atoms with Crippen LogP contribution >= 0.6 is 0 Å². The quantitative estimate of drug-likeness (QED) is 0.464. The highest BCUT2D eigenvalue weighted by molar-refractivity contribution is 6.02. The Bertz CT molecular complexity index is 633. The third kappa shape index (κ3) is 1.78. The van der Waals surface area contributed by atoms with E-state index in [0.717, 1.165) is 5.69 Å². The molecule has 6 nitrogen and oxygen atoms in total. The Kier molecular flexibility index (Phi) is 2.98. The first-order chi connectivity index (χ1) is 8.69. The summed E-state index contributed by atoms with van der Waals surface area (Å²) in [6.07, 6.45) is 0. The van der Waals surface area contributed by atoms with Crippen LogP contribution in [0.15, 0.2) is 35.4 Å². The van der Waals surface area contributed by atoms with Gasteiger partial charge in [-0.05, 0) is 19.1 Å². The van der Waals surface area contributed by atoms with Crippen LogP contribution in [-0.2, 0) is 0 Å². The van der Waals surface area contributed by atoms with Gasteiger partial charge in [-0.15, -0.1) is 0 Å². The molecule has 0 aliphatic heterocycles. The number of nitriles is 1. The Morgan fingerprint density at radius 3 is 2.61 bits per heavy atom. The van der Waals surface area contributed by atoms with Gasteiger partial charge >= 0.3 is 0 Å². The zero-order valence-corrected chi connectivity index (χ0v) is 9.83. The molecule has 18 heavy (non-hydrogen) atoms. The molecule has 1 aromatic heterocycles. The fourth-order valence-corrected chi connectivity index (χ4v) is 1.62. The molecule has 0 fully saturated rings. The highest BCUT2D eigenvalue weighted by atomic mass is 15.3. The number of rotatable bonds is 2. The fraction of sp³-hybridized carbons (Fsp3) is 0.0833. The van der Waals surface area contributed by atoms with Crippen LogP contribution in [0.2, 0.25) is 0 Å². The lowest BCUT2D eigenvalue weighted by Crippen LogP contribution is -2.04. The summed E-state index contributed by atoms with van der Waals surface area (Å²) >= 11 is 0. The van der Waals surface area contributed by atoms with Crippen molar-refractivity contribution in [1.29, 1.82) is 5.26 Å². The highest BCUT2D eigenvalue weighted by Gasteiger charge is 2.17. The van der Waals surface area contributed by atoms with Crippen LogP contribution < -0.4 is 11.6 Å². The minimum absolute atomic E-state index is 0.277. The summed E-state index contributed by atoms with van der Waals surface area (Å²) in [7, 11) is 0. The van der Waals surface area contributed by atoms with Gasteiger partial charge in [-0.2, -0.15) is 15.5 Å². The summed E-state index contributed by atoms with van der Waals surface area (Å²) < 4.78 is 1.49. The van der Waals surface area contributed by atoms with Gasteiger partial charge in [0.15, 0.2) is 5.69 Å². The maximum absolute atomic E-state index is 9.17. The molecule has 4 N–H and O–H groups in total. The van der Waals surface area contributed by atoms with Crippen molar-refractivity contribution < 1.29 is 0 Å². The van der Waals surface area contributed by atoms with Gasteiger partial charge < -0.3 is 11.6 Å². The molecule has 1 aromatic carbocycles. The Morgan fingerprint density at radius 2 is 2.06 bits per heavy atom. The summed E-state index contributed by atoms with van der Waals surface area (Å²) in [5.74, 6) is 5.21. The third-order valence-corrected chi connectivity index (χ3v) is 2.57. The maximum atomic E-state index is 9.17. The van der Waals surface area contributed by atoms with Gasteiger partial charge in [-0.3, -0.25) is 0 Å². The minimum Gasteiger partial charge on any atom is -0.395 e. The molecule has 2 rings (SSSR count). The first-order valence-electron chi connectivity index (χ1n) is 5.28. The van der Waals surface area contributed by atoms with Crippen molar-refractivity contribution in [1.82, 2.24) is 9.78 Å². The Labute approximate surface area is 104 Å². The van der Waals surface area contributed by atoms with Crippen molar-refractivity contribution in [2.24, 2.45) is 10.9 Å². The molecular weight excluding hydrogens is 228 g/mol. The number of nitrogens with two attached hydrogens (primary N) is 2. The van der Waals surface area contributed by atoms with E-state index in [2.05, 4.69) is 10.2 Å². The van der Waals surface area contributed by atoms with Crippen LogP contribution in [-0.4, -0.2) is 15.5 Å². The van der Waals surface area contributed by atoms with Crippen molar-refractivity contribution >= 4 is 11.4 Å². The van der Waals surface area contributed by atoms with E-state index in [-0.39, 0.29) is 11.4 Å². The van der Waals surface area contributed by atoms with Gasteiger partial charge in [0, 0.05) is 0 Å². The number of hydrogen-bond donors (Lipinski definition) is 2. The van der Waals surface area contributed by atoms with Gasteiger partial charge in [0.1, 0.15) is 11.8 Å². The summed E-state index contributed by atoms with van der Waals surface area (Å²) in [5, 5.41) is 17.0. The molecule has 0 saturated carbocycles. The van der Waals surface area contributed by atoms with Crippen molar-refractivity contribution in [3.63, 3.8) is 0 Å². The van der Waals surface area contributed by atoms with E-state index in [1.165, 1.54) is 4.68 Å². The molecule has 1 heterocycles. The van der Waals surface area contributed by atoms with Crippen molar-refractivity contribution in [2.75, 3.05) is 5.73 Å². The second kappa shape index (κ2) is 4.59. The molecule has 90 valence electrons. The molecule has 0 atom stereocenters. The average molecular weight is 240 g/mol. The summed E-state index contributed by atoms with van der Waals surface area (Å²) in [6, 6.07) is 11.3. The molecule has 0 aliphatic carbocycles. The third-order valence-electron chi connectivity index (χ3n) is 2.57. The minimum atomic E-state index is 0.277. The number of hydrazone groups is 1. The molecule has 0 unspecified atom stereocenters. The number of benzene rings is 1. The molecule has 0 aliphatic rings. The monoisotopic (exact) mass is 240 g/mol. The van der Waals surface area contributed by atoms with Crippen LogP contribution in [0.3, 0.4) is 0 Å². The molecule has 0 bridgehead atoms. The van der Waals surface area contributed by atoms with Crippen LogP contribution in [0.25, 0.3) is 5.69 Å². The first kappa shape index (κ1) is 11.7. The molecule has 6 heteroatoms. The topological polar surface area (TPSA) is 106 Å². The molecule has 0 saturated heterocycles. The largest absolute Gasteiger partial charge is 0.395 e. The lowest BCUT2D eigenvalue weighted by atomic mass is 10.2. The van der Waals surface area contributed by atoms with Crippen LogP contribution in [0.5, 0.6) is 0 Å². The van der Waals surface area contributed by atoms with Crippen molar-refractivity contribution in [2.45, 2.75) is 6.92 Å². The van der Waals surface area contributed by atoms with E-state index in [1.807, 2.05) is 36.4 Å². The smallest absolute Gasteiger partial charge is 0.167 e. The lowest BCUT2D eigenvalue weighted by Gasteiger charge is -2.01. The molecular formula is C12H12N6. The zero-order valence-electron chi connectivity index (χ0n) is 9.83. The summed E-state index contributed by atoms with van der Waals surface area (Å²) in [4.78, 5) is 0. The van der Waals surface area contributed by atoms with Crippen molar-refractivity contribution in [3.05, 3.63) is 41.7 Å². The van der Waals surface area contributed by atoms with Crippen molar-refractivity contribution in [3.8, 4) is 11.8 Å². The van der Waals surface area contributed by atoms with E-state index in [1.54, 1.807) is 6.92 Å². The van der Waals surface area contributed by atoms with E-state index < -0.39 is 0 Å². The van der Waals surface area contributed by atoms with E-state index in [0.29, 0.717) is 11.4 Å². The SMILES string of the molecule is C/C(=N\N)c1nn(-c2ccccc2)c(C#N)c1N. The van der Waals surface area contributed by atoms with Crippen LogP contribution in [0.1, 0.15) is 18.3 Å². The van der Waals surface area contributed by atoms with Gasteiger partial charge in [-0.25, -0.2) is 4.68 Å². The van der Waals surface area contributed by atoms with Gasteiger partial charge in [0.05, 0.1) is 17.1 Å². The Balaban J connectivity index is 2.67. The zero-order chi connectivity index (χ0) is 13.1. The van der Waals surface area contributed by atoms with Crippen LogP contribution in [0, 0.1) is 11.3 Å². The average Bonchev–Trinajstić information content (AvgIpc) is 2.76. The second-order valence-electron chi connectivity index (χ2n) is 3.68. The fourth-order valence-electron chi connectivity index (χ4n) is 1.62. The standard InChI is InChI=1S/C12H12N6/c1-8(16-15)12-11(14)10(7-13)18(17-12)9-5-3-2-4-6-9/h2-6H,14-15H2,1H3/b16-8+. The highest BCUT2D eigenvalue weighted by Crippen LogP contribution is 2.20. The number of aromatic nitrogens is 2.